The molecule has 0 spiro atoms. The van der Waals surface area contributed by atoms with Gasteiger partial charge in [0, 0.05) is 17.5 Å². The van der Waals surface area contributed by atoms with Crippen LogP contribution in [-0.2, 0) is 0 Å². The van der Waals surface area contributed by atoms with Crippen LogP contribution in [0.3, 0.4) is 0 Å². The third-order valence-corrected chi connectivity index (χ3v) is 3.64. The number of carbonyl (C=O) groups is 1. The molecule has 0 atom stereocenters. The van der Waals surface area contributed by atoms with Crippen LogP contribution in [0.1, 0.15) is 11.3 Å². The molecule has 119 valence electrons. The smallest absolute Gasteiger partial charge is 0.340 e. The van der Waals surface area contributed by atoms with E-state index in [4.69, 9.17) is 15.2 Å². The summed E-state index contributed by atoms with van der Waals surface area (Å²) in [6, 6.07) is 9.79. The lowest BCUT2D eigenvalue weighted by molar-refractivity contribution is 0.174. The summed E-state index contributed by atoms with van der Waals surface area (Å²) in [6.45, 7) is 0.206. The first-order chi connectivity index (χ1) is 11.6. The molecule has 0 saturated heterocycles. The molecule has 1 radical (unpaired) electrons. The van der Waals surface area contributed by atoms with E-state index in [0.29, 0.717) is 28.1 Å². The van der Waals surface area contributed by atoms with Crippen molar-refractivity contribution in [1.82, 2.24) is 9.78 Å². The summed E-state index contributed by atoms with van der Waals surface area (Å²) in [5.41, 5.74) is 6.93. The van der Waals surface area contributed by atoms with Gasteiger partial charge in [-0.1, -0.05) is 12.1 Å². The van der Waals surface area contributed by atoms with Gasteiger partial charge in [0.2, 0.25) is 6.79 Å². The summed E-state index contributed by atoms with van der Waals surface area (Å²) in [6.07, 6.45) is 3.52. The second kappa shape index (κ2) is 5.38. The molecule has 0 saturated carbocycles. The van der Waals surface area contributed by atoms with E-state index in [9.17, 15) is 9.18 Å². The quantitative estimate of drug-likeness (QED) is 0.786. The van der Waals surface area contributed by atoms with E-state index in [-0.39, 0.29) is 6.79 Å². The third kappa shape index (κ3) is 2.36. The Morgan fingerprint density at radius 1 is 1.29 bits per heavy atom. The Balaban J connectivity index is 1.75. The predicted octanol–water partition coefficient (Wildman–Crippen LogP) is 2.80. The van der Waals surface area contributed by atoms with Crippen molar-refractivity contribution in [3.8, 4) is 11.5 Å². The van der Waals surface area contributed by atoms with Crippen LogP contribution in [0.15, 0.2) is 30.3 Å². The molecule has 2 heterocycles. The summed E-state index contributed by atoms with van der Waals surface area (Å²) >= 11 is 0. The van der Waals surface area contributed by atoms with Gasteiger partial charge < -0.3 is 15.2 Å². The number of carbonyl (C=O) groups excluding carboxylic acids is 1. The van der Waals surface area contributed by atoms with E-state index in [0.717, 1.165) is 10.2 Å². The Kier molecular flexibility index (Phi) is 3.19. The van der Waals surface area contributed by atoms with Gasteiger partial charge in [0.05, 0.1) is 11.2 Å². The SMILES string of the molecule is NC(=O)n1nc(/C=C/c2ccc3c(c2)OCO3)c2c[c]c(F)cc21. The maximum atomic E-state index is 13.4. The topological polar surface area (TPSA) is 79.4 Å². The van der Waals surface area contributed by atoms with Crippen molar-refractivity contribution in [2.75, 3.05) is 6.79 Å². The monoisotopic (exact) mass is 324 g/mol. The molecule has 1 aromatic heterocycles. The van der Waals surface area contributed by atoms with E-state index in [1.54, 1.807) is 12.2 Å². The van der Waals surface area contributed by atoms with E-state index in [1.165, 1.54) is 12.1 Å². The summed E-state index contributed by atoms with van der Waals surface area (Å²) in [7, 11) is 0. The molecule has 4 rings (SSSR count). The highest BCUT2D eigenvalue weighted by molar-refractivity contribution is 5.95. The van der Waals surface area contributed by atoms with Gasteiger partial charge in [-0.2, -0.15) is 9.78 Å². The van der Waals surface area contributed by atoms with Crippen LogP contribution < -0.4 is 15.2 Å². The zero-order chi connectivity index (χ0) is 16.7. The molecular formula is C17H11FN3O3. The first-order valence-electron chi connectivity index (χ1n) is 7.09. The molecule has 24 heavy (non-hydrogen) atoms. The van der Waals surface area contributed by atoms with Gasteiger partial charge in [0.1, 0.15) is 5.82 Å². The van der Waals surface area contributed by atoms with E-state index in [2.05, 4.69) is 11.2 Å². The number of aromatic nitrogens is 2. The Morgan fingerprint density at radius 2 is 2.12 bits per heavy atom. The highest BCUT2D eigenvalue weighted by Crippen LogP contribution is 2.33. The van der Waals surface area contributed by atoms with E-state index < -0.39 is 11.8 Å². The summed E-state index contributed by atoms with van der Waals surface area (Å²) in [5.74, 6) is 0.775. The van der Waals surface area contributed by atoms with Crippen molar-refractivity contribution < 1.29 is 18.7 Å². The molecular weight excluding hydrogens is 313 g/mol. The molecule has 3 aromatic rings. The molecule has 7 heteroatoms. The highest BCUT2D eigenvalue weighted by atomic mass is 19.1. The van der Waals surface area contributed by atoms with Crippen LogP contribution in [-0.4, -0.2) is 22.6 Å². The van der Waals surface area contributed by atoms with Gasteiger partial charge in [-0.15, -0.1) is 0 Å². The van der Waals surface area contributed by atoms with Crippen molar-refractivity contribution in [2.45, 2.75) is 0 Å². The Hall–Kier alpha value is -3.35. The number of nitrogens with zero attached hydrogens (tertiary/aromatic N) is 2. The van der Waals surface area contributed by atoms with Crippen LogP contribution in [0.2, 0.25) is 0 Å². The number of fused-ring (bicyclic) bond motifs is 2. The molecule has 2 N–H and O–H groups in total. The summed E-state index contributed by atoms with van der Waals surface area (Å²) in [5, 5.41) is 4.71. The first-order valence-corrected chi connectivity index (χ1v) is 7.09. The van der Waals surface area contributed by atoms with Gasteiger partial charge >= 0.3 is 6.03 Å². The predicted molar refractivity (Wildman–Crippen MR) is 85.0 cm³/mol. The fraction of sp³-hybridized carbons (Fsp3) is 0.0588. The molecule has 0 bridgehead atoms. The van der Waals surface area contributed by atoms with Crippen LogP contribution in [0.5, 0.6) is 11.5 Å². The Bertz CT molecular complexity index is 994. The molecule has 0 unspecified atom stereocenters. The number of amides is 1. The standard InChI is InChI=1S/C17H11FN3O3/c18-11-3-4-12-13(20-21(17(19)22)14(12)8-11)5-1-10-2-6-15-16(7-10)24-9-23-15/h1-2,4-8H,9H2,(H2,19,22)/b5-1+. The van der Waals surface area contributed by atoms with Gasteiger partial charge in [-0.3, -0.25) is 0 Å². The van der Waals surface area contributed by atoms with Gasteiger partial charge in [0.15, 0.2) is 11.5 Å². The number of primary amides is 1. The van der Waals surface area contributed by atoms with Crippen molar-refractivity contribution in [3.63, 3.8) is 0 Å². The molecule has 1 aliphatic rings. The molecule has 0 fully saturated rings. The number of nitrogens with two attached hydrogens (primary N) is 1. The molecule has 6 nitrogen and oxygen atoms in total. The van der Waals surface area contributed by atoms with Crippen molar-refractivity contribution >= 4 is 29.1 Å². The second-order valence-electron chi connectivity index (χ2n) is 5.16. The second-order valence-corrected chi connectivity index (χ2v) is 5.16. The average Bonchev–Trinajstić information content (AvgIpc) is 3.16. The molecule has 0 aliphatic carbocycles. The average molecular weight is 324 g/mol. The lowest BCUT2D eigenvalue weighted by Crippen LogP contribution is -2.20. The highest BCUT2D eigenvalue weighted by Gasteiger charge is 2.14. The van der Waals surface area contributed by atoms with Crippen molar-refractivity contribution in [3.05, 3.63) is 53.5 Å². The Morgan fingerprint density at radius 3 is 2.96 bits per heavy atom. The minimum Gasteiger partial charge on any atom is -0.454 e. The van der Waals surface area contributed by atoms with Gasteiger partial charge in [-0.05, 0) is 29.8 Å². The molecule has 2 aromatic carbocycles. The molecule has 1 aliphatic heterocycles. The van der Waals surface area contributed by atoms with Gasteiger partial charge in [-0.25, -0.2) is 9.18 Å². The maximum Gasteiger partial charge on any atom is 0.340 e. The zero-order valence-electron chi connectivity index (χ0n) is 12.3. The normalized spacial score (nSPS) is 13.0. The lowest BCUT2D eigenvalue weighted by atomic mass is 10.1. The van der Waals surface area contributed by atoms with Crippen LogP contribution >= 0.6 is 0 Å². The van der Waals surface area contributed by atoms with E-state index >= 15 is 0 Å². The Labute approximate surface area is 135 Å². The van der Waals surface area contributed by atoms with Crippen molar-refractivity contribution in [2.24, 2.45) is 5.73 Å². The van der Waals surface area contributed by atoms with Crippen LogP contribution in [0.25, 0.3) is 23.1 Å². The maximum absolute atomic E-state index is 13.4. The fourth-order valence-corrected chi connectivity index (χ4v) is 2.53. The first kappa shape index (κ1) is 14.3. The van der Waals surface area contributed by atoms with Gasteiger partial charge in [0.25, 0.3) is 0 Å². The number of hydrogen-bond donors (Lipinski definition) is 1. The zero-order valence-corrected chi connectivity index (χ0v) is 12.3. The number of ether oxygens (including phenoxy) is 2. The fourth-order valence-electron chi connectivity index (χ4n) is 2.53. The third-order valence-electron chi connectivity index (χ3n) is 3.64. The van der Waals surface area contributed by atoms with Crippen LogP contribution in [0.4, 0.5) is 9.18 Å². The largest absolute Gasteiger partial charge is 0.454 e. The minimum absolute atomic E-state index is 0.206. The summed E-state index contributed by atoms with van der Waals surface area (Å²) < 4.78 is 24.9. The number of hydrogen-bond acceptors (Lipinski definition) is 4. The lowest BCUT2D eigenvalue weighted by Gasteiger charge is -1.97. The van der Waals surface area contributed by atoms with E-state index in [1.807, 2.05) is 18.2 Å². The minimum atomic E-state index is -0.784. The summed E-state index contributed by atoms with van der Waals surface area (Å²) in [4.78, 5) is 11.5. The van der Waals surface area contributed by atoms with Crippen LogP contribution in [0, 0.1) is 11.9 Å². The molecule has 1 amide bonds. The van der Waals surface area contributed by atoms with Crippen molar-refractivity contribution in [1.29, 1.82) is 0 Å². The number of rotatable bonds is 2. The number of benzene rings is 2. The number of halogens is 1.